The first-order valence-corrected chi connectivity index (χ1v) is 7.70. The first kappa shape index (κ1) is 17.1. The van der Waals surface area contributed by atoms with E-state index in [1.54, 1.807) is 0 Å². The normalized spacial score (nSPS) is 19.3. The van der Waals surface area contributed by atoms with E-state index in [0.717, 1.165) is 35.5 Å². The first-order chi connectivity index (χ1) is 10.2. The quantitative estimate of drug-likeness (QED) is 0.880. The van der Waals surface area contributed by atoms with Gasteiger partial charge >= 0.3 is 0 Å². The van der Waals surface area contributed by atoms with Gasteiger partial charge in [-0.15, -0.1) is 12.4 Å². The van der Waals surface area contributed by atoms with Gasteiger partial charge in [-0.2, -0.15) is 4.98 Å². The Morgan fingerprint density at radius 1 is 1.32 bits per heavy atom. The van der Waals surface area contributed by atoms with E-state index in [-0.39, 0.29) is 18.4 Å². The molecule has 1 aliphatic rings. The van der Waals surface area contributed by atoms with E-state index in [9.17, 15) is 0 Å². The molecule has 1 atom stereocenters. The molecule has 0 aliphatic carbocycles. The molecule has 1 aliphatic heterocycles. The molecule has 1 fully saturated rings. The number of likely N-dealkylation sites (N-methyl/N-ethyl adjacent to an activating group) is 1. The average molecular weight is 386 g/mol. The Morgan fingerprint density at radius 3 is 2.82 bits per heavy atom. The smallest absolute Gasteiger partial charge is 0.250 e. The number of hydrogen-bond donors (Lipinski definition) is 1. The molecule has 0 saturated carbocycles. The Hall–Kier alpha value is -1.21. The third kappa shape index (κ3) is 4.16. The molecule has 1 unspecified atom stereocenters. The van der Waals surface area contributed by atoms with Crippen LogP contribution in [0.15, 0.2) is 33.3 Å². The molecule has 1 aromatic heterocycles. The average Bonchev–Trinajstić information content (AvgIpc) is 2.96. The second-order valence-electron chi connectivity index (χ2n) is 5.08. The maximum atomic E-state index is 5.30. The molecular formula is C15H18BrClN4O. The van der Waals surface area contributed by atoms with Crippen LogP contribution < -0.4 is 5.32 Å². The van der Waals surface area contributed by atoms with Gasteiger partial charge in [-0.05, 0) is 30.8 Å². The van der Waals surface area contributed by atoms with Crippen LogP contribution in [0.1, 0.15) is 23.3 Å². The van der Waals surface area contributed by atoms with E-state index >= 15 is 0 Å². The molecule has 3 rings (SSSR count). The molecular weight excluding hydrogens is 368 g/mol. The summed E-state index contributed by atoms with van der Waals surface area (Å²) >= 11 is 3.42. The molecule has 1 aromatic carbocycles. The van der Waals surface area contributed by atoms with Crippen molar-refractivity contribution >= 4 is 40.5 Å². The molecule has 1 saturated heterocycles. The predicted octanol–water partition coefficient (Wildman–Crippen LogP) is 3.00. The van der Waals surface area contributed by atoms with Gasteiger partial charge in [-0.1, -0.05) is 33.2 Å². The van der Waals surface area contributed by atoms with Gasteiger partial charge in [0, 0.05) is 30.2 Å². The molecule has 2 aromatic rings. The van der Waals surface area contributed by atoms with E-state index in [4.69, 9.17) is 4.52 Å². The van der Waals surface area contributed by atoms with Crippen molar-refractivity contribution in [3.05, 3.63) is 46.0 Å². The van der Waals surface area contributed by atoms with Crippen LogP contribution in [0.25, 0.3) is 12.2 Å². The summed E-state index contributed by atoms with van der Waals surface area (Å²) in [6, 6.07) is 8.23. The fourth-order valence-electron chi connectivity index (χ4n) is 2.29. The van der Waals surface area contributed by atoms with Crippen LogP contribution in [-0.2, 0) is 0 Å². The maximum absolute atomic E-state index is 5.30. The highest BCUT2D eigenvalue weighted by atomic mass is 79.9. The number of nitrogens with zero attached hydrogens (tertiary/aromatic N) is 3. The topological polar surface area (TPSA) is 54.2 Å². The predicted molar refractivity (Wildman–Crippen MR) is 92.9 cm³/mol. The van der Waals surface area contributed by atoms with E-state index in [1.165, 1.54) is 0 Å². The summed E-state index contributed by atoms with van der Waals surface area (Å²) in [5, 5.41) is 7.44. The molecule has 7 heteroatoms. The van der Waals surface area contributed by atoms with E-state index in [0.29, 0.717) is 5.89 Å². The van der Waals surface area contributed by atoms with Crippen LogP contribution in [0.2, 0.25) is 0 Å². The summed E-state index contributed by atoms with van der Waals surface area (Å²) in [6.45, 7) is 2.84. The van der Waals surface area contributed by atoms with Crippen LogP contribution in [-0.4, -0.2) is 41.7 Å². The molecule has 0 radical (unpaired) electrons. The minimum Gasteiger partial charge on any atom is -0.335 e. The van der Waals surface area contributed by atoms with Gasteiger partial charge in [0.15, 0.2) is 5.82 Å². The van der Waals surface area contributed by atoms with Crippen molar-refractivity contribution in [3.63, 3.8) is 0 Å². The summed E-state index contributed by atoms with van der Waals surface area (Å²) < 4.78 is 6.36. The van der Waals surface area contributed by atoms with E-state index < -0.39 is 0 Å². The van der Waals surface area contributed by atoms with Gasteiger partial charge < -0.3 is 9.84 Å². The van der Waals surface area contributed by atoms with Crippen molar-refractivity contribution in [2.75, 3.05) is 26.7 Å². The highest BCUT2D eigenvalue weighted by molar-refractivity contribution is 9.10. The molecule has 2 heterocycles. The van der Waals surface area contributed by atoms with Crippen molar-refractivity contribution in [3.8, 4) is 0 Å². The Balaban J connectivity index is 0.00000176. The van der Waals surface area contributed by atoms with Crippen LogP contribution >= 0.6 is 28.3 Å². The number of piperazine rings is 1. The Kier molecular flexibility index (Phi) is 6.14. The van der Waals surface area contributed by atoms with Crippen LogP contribution in [0.4, 0.5) is 0 Å². The first-order valence-electron chi connectivity index (χ1n) is 6.90. The van der Waals surface area contributed by atoms with Crippen LogP contribution in [0, 0.1) is 0 Å². The van der Waals surface area contributed by atoms with E-state index in [2.05, 4.69) is 43.3 Å². The van der Waals surface area contributed by atoms with Gasteiger partial charge in [-0.3, -0.25) is 4.90 Å². The number of benzene rings is 1. The van der Waals surface area contributed by atoms with Gasteiger partial charge in [-0.25, -0.2) is 0 Å². The van der Waals surface area contributed by atoms with Gasteiger partial charge in [0.25, 0.3) is 5.89 Å². The van der Waals surface area contributed by atoms with Gasteiger partial charge in [0.05, 0.1) is 6.04 Å². The summed E-state index contributed by atoms with van der Waals surface area (Å²) in [4.78, 5) is 6.70. The zero-order valence-corrected chi connectivity index (χ0v) is 14.6. The lowest BCUT2D eigenvalue weighted by molar-refractivity contribution is 0.190. The fraction of sp³-hybridized carbons (Fsp3) is 0.333. The highest BCUT2D eigenvalue weighted by Gasteiger charge is 2.24. The molecule has 5 nitrogen and oxygen atoms in total. The van der Waals surface area contributed by atoms with Crippen LogP contribution in [0.3, 0.4) is 0 Å². The molecule has 0 spiro atoms. The van der Waals surface area contributed by atoms with E-state index in [1.807, 2.05) is 36.4 Å². The lowest BCUT2D eigenvalue weighted by atomic mass is 10.2. The molecule has 0 bridgehead atoms. The second kappa shape index (κ2) is 7.87. The molecule has 1 N–H and O–H groups in total. The monoisotopic (exact) mass is 384 g/mol. The second-order valence-corrected chi connectivity index (χ2v) is 5.99. The van der Waals surface area contributed by atoms with Crippen molar-refractivity contribution in [2.45, 2.75) is 6.04 Å². The van der Waals surface area contributed by atoms with Crippen molar-refractivity contribution < 1.29 is 4.52 Å². The number of hydrogen-bond acceptors (Lipinski definition) is 5. The third-order valence-electron chi connectivity index (χ3n) is 3.55. The summed E-state index contributed by atoms with van der Waals surface area (Å²) in [5.41, 5.74) is 1.09. The lowest BCUT2D eigenvalue weighted by Gasteiger charge is -2.30. The fourth-order valence-corrected chi connectivity index (χ4v) is 2.55. The zero-order valence-electron chi connectivity index (χ0n) is 12.2. The van der Waals surface area contributed by atoms with Crippen LogP contribution in [0.5, 0.6) is 0 Å². The summed E-state index contributed by atoms with van der Waals surface area (Å²) in [5.74, 6) is 1.27. The highest BCUT2D eigenvalue weighted by Crippen LogP contribution is 2.18. The molecule has 0 amide bonds. The minimum absolute atomic E-state index is 0. The molecule has 118 valence electrons. The van der Waals surface area contributed by atoms with Gasteiger partial charge in [0.2, 0.25) is 0 Å². The zero-order chi connectivity index (χ0) is 14.7. The molecule has 22 heavy (non-hydrogen) atoms. The standard InChI is InChI=1S/C15H17BrN4O.ClH/c1-20-9-8-17-10-13(20)15-18-14(21-19-15)7-4-11-2-5-12(16)6-3-11;/h2-7,13,17H,8-10H2,1H3;1H/b7-4+;. The minimum atomic E-state index is 0. The number of halogens is 2. The third-order valence-corrected chi connectivity index (χ3v) is 4.08. The Morgan fingerprint density at radius 2 is 2.09 bits per heavy atom. The summed E-state index contributed by atoms with van der Waals surface area (Å²) in [7, 11) is 2.08. The van der Waals surface area contributed by atoms with Crippen molar-refractivity contribution in [1.29, 1.82) is 0 Å². The number of aromatic nitrogens is 2. The maximum Gasteiger partial charge on any atom is 0.250 e. The SMILES string of the molecule is CN1CCNCC1c1noc(/C=C/c2ccc(Br)cc2)n1.Cl. The number of rotatable bonds is 3. The lowest BCUT2D eigenvalue weighted by Crippen LogP contribution is -2.44. The summed E-state index contributed by atoms with van der Waals surface area (Å²) in [6.07, 6.45) is 3.81. The Labute approximate surface area is 144 Å². The van der Waals surface area contributed by atoms with Crippen molar-refractivity contribution in [1.82, 2.24) is 20.4 Å². The number of nitrogens with one attached hydrogen (secondary N) is 1. The van der Waals surface area contributed by atoms with Crippen molar-refractivity contribution in [2.24, 2.45) is 0 Å². The largest absolute Gasteiger partial charge is 0.335 e. The van der Waals surface area contributed by atoms with Gasteiger partial charge in [0.1, 0.15) is 0 Å². The Bertz CT molecular complexity index is 629.